The molecule has 6 nitrogen and oxygen atoms in total. The number of hydrogen-bond acceptors (Lipinski definition) is 3. The highest BCUT2D eigenvalue weighted by Gasteiger charge is 2.35. The fourth-order valence-electron chi connectivity index (χ4n) is 2.70. The van der Waals surface area contributed by atoms with Crippen molar-refractivity contribution in [2.75, 3.05) is 6.54 Å². The van der Waals surface area contributed by atoms with E-state index in [4.69, 9.17) is 0 Å². The summed E-state index contributed by atoms with van der Waals surface area (Å²) in [6, 6.07) is -1.68. The van der Waals surface area contributed by atoms with E-state index in [1.54, 1.807) is 0 Å². The van der Waals surface area contributed by atoms with E-state index < -0.39 is 23.9 Å². The first-order valence-corrected chi connectivity index (χ1v) is 9.04. The summed E-state index contributed by atoms with van der Waals surface area (Å²) in [5.41, 5.74) is 0. The fourth-order valence-corrected chi connectivity index (χ4v) is 2.70. The van der Waals surface area contributed by atoms with Gasteiger partial charge >= 0.3 is 6.03 Å². The summed E-state index contributed by atoms with van der Waals surface area (Å²) in [4.78, 5) is 33.9. The van der Waals surface area contributed by atoms with Crippen LogP contribution in [0.4, 0.5) is 4.79 Å². The lowest BCUT2D eigenvalue weighted by Gasteiger charge is -2.08. The quantitative estimate of drug-likeness (QED) is 0.276. The van der Waals surface area contributed by atoms with Gasteiger partial charge in [-0.1, -0.05) is 71.1 Å². The molecule has 0 aromatic heterocycles. The zero-order valence-electron chi connectivity index (χ0n) is 14.3. The van der Waals surface area contributed by atoms with E-state index >= 15 is 0 Å². The minimum absolute atomic E-state index is 0.430. The molecule has 1 unspecified atom stereocenters. The Morgan fingerprint density at radius 1 is 0.913 bits per heavy atom. The molecule has 23 heavy (non-hydrogen) atoms. The summed E-state index contributed by atoms with van der Waals surface area (Å²) >= 11 is 0. The van der Waals surface area contributed by atoms with Crippen molar-refractivity contribution in [3.05, 3.63) is 0 Å². The van der Waals surface area contributed by atoms with Crippen LogP contribution in [-0.4, -0.2) is 30.4 Å². The van der Waals surface area contributed by atoms with Crippen molar-refractivity contribution in [3.63, 3.8) is 0 Å². The molecule has 1 aliphatic rings. The Labute approximate surface area is 139 Å². The Balaban J connectivity index is 1.87. The van der Waals surface area contributed by atoms with Crippen LogP contribution in [0.2, 0.25) is 0 Å². The number of rotatable bonds is 13. The second-order valence-electron chi connectivity index (χ2n) is 6.22. The first kappa shape index (κ1) is 19.5. The van der Waals surface area contributed by atoms with Crippen molar-refractivity contribution in [3.8, 4) is 0 Å². The minimum Gasteiger partial charge on any atom is -0.354 e. The molecule has 6 heteroatoms. The van der Waals surface area contributed by atoms with Gasteiger partial charge in [-0.15, -0.1) is 0 Å². The topological polar surface area (TPSA) is 87.3 Å². The van der Waals surface area contributed by atoms with Crippen molar-refractivity contribution in [2.24, 2.45) is 0 Å². The summed E-state index contributed by atoms with van der Waals surface area (Å²) in [6.07, 6.45) is 13.8. The van der Waals surface area contributed by atoms with E-state index in [9.17, 15) is 14.4 Å². The lowest BCUT2D eigenvalue weighted by Crippen LogP contribution is -2.45. The van der Waals surface area contributed by atoms with E-state index in [1.807, 2.05) is 5.32 Å². The Hall–Kier alpha value is -1.59. The number of carbonyl (C=O) groups is 3. The summed E-state index contributed by atoms with van der Waals surface area (Å²) in [5, 5.41) is 7.02. The molecule has 0 aromatic carbocycles. The molecule has 132 valence electrons. The van der Waals surface area contributed by atoms with Gasteiger partial charge in [0.2, 0.25) is 0 Å². The predicted molar refractivity (Wildman–Crippen MR) is 89.9 cm³/mol. The Morgan fingerprint density at radius 3 is 1.91 bits per heavy atom. The molecule has 1 aliphatic heterocycles. The van der Waals surface area contributed by atoms with Crippen LogP contribution in [0.3, 0.4) is 0 Å². The molecule has 1 rings (SSSR count). The summed E-state index contributed by atoms with van der Waals surface area (Å²) in [6.45, 7) is 2.79. The number of amides is 4. The lowest BCUT2D eigenvalue weighted by molar-refractivity contribution is -0.129. The highest BCUT2D eigenvalue weighted by atomic mass is 16.2. The first-order valence-electron chi connectivity index (χ1n) is 9.04. The van der Waals surface area contributed by atoms with Crippen LogP contribution in [0.5, 0.6) is 0 Å². The molecule has 1 atom stereocenters. The average Bonchev–Trinajstić information content (AvgIpc) is 2.87. The molecule has 1 saturated heterocycles. The van der Waals surface area contributed by atoms with E-state index in [1.165, 1.54) is 57.8 Å². The zero-order chi connectivity index (χ0) is 16.9. The van der Waals surface area contributed by atoms with Gasteiger partial charge in [0, 0.05) is 6.54 Å². The molecular formula is C17H31N3O3. The maximum atomic E-state index is 11.7. The van der Waals surface area contributed by atoms with Gasteiger partial charge in [0.1, 0.15) is 0 Å². The van der Waals surface area contributed by atoms with Gasteiger partial charge in [0.15, 0.2) is 6.04 Å². The Morgan fingerprint density at radius 2 is 1.43 bits per heavy atom. The molecule has 0 aliphatic carbocycles. The van der Waals surface area contributed by atoms with E-state index in [-0.39, 0.29) is 0 Å². The first-order chi connectivity index (χ1) is 11.1. The SMILES string of the molecule is CCCCCCCCCCCCCNC(=O)C1NC(=O)NC1=O. The predicted octanol–water partition coefficient (Wildman–Crippen LogP) is 2.62. The van der Waals surface area contributed by atoms with Gasteiger partial charge in [-0.2, -0.15) is 0 Å². The van der Waals surface area contributed by atoms with Gasteiger partial charge in [-0.25, -0.2) is 4.79 Å². The van der Waals surface area contributed by atoms with E-state index in [2.05, 4.69) is 17.6 Å². The standard InChI is InChI=1S/C17H31N3O3/c1-2-3-4-5-6-7-8-9-10-11-12-13-18-15(21)14-16(22)20-17(23)19-14/h14H,2-13H2,1H3,(H,18,21)(H2,19,20,22,23). The number of imide groups is 1. The molecule has 4 amide bonds. The minimum atomic E-state index is -1.07. The third-order valence-electron chi connectivity index (χ3n) is 4.12. The smallest absolute Gasteiger partial charge is 0.322 e. The summed E-state index contributed by atoms with van der Waals surface area (Å²) in [5.74, 6) is -1.01. The van der Waals surface area contributed by atoms with Crippen molar-refractivity contribution >= 4 is 17.8 Å². The Kier molecular flexibility index (Phi) is 10.1. The average molecular weight is 325 g/mol. The molecule has 3 N–H and O–H groups in total. The van der Waals surface area contributed by atoms with Crippen LogP contribution in [-0.2, 0) is 9.59 Å². The third-order valence-corrected chi connectivity index (χ3v) is 4.12. The zero-order valence-corrected chi connectivity index (χ0v) is 14.3. The van der Waals surface area contributed by atoms with E-state index in [0.717, 1.165) is 12.8 Å². The van der Waals surface area contributed by atoms with Crippen molar-refractivity contribution < 1.29 is 14.4 Å². The van der Waals surface area contributed by atoms with Crippen LogP contribution in [0.1, 0.15) is 77.6 Å². The number of nitrogens with one attached hydrogen (secondary N) is 3. The molecule has 1 fully saturated rings. The van der Waals surface area contributed by atoms with Crippen LogP contribution >= 0.6 is 0 Å². The fraction of sp³-hybridized carbons (Fsp3) is 0.824. The number of urea groups is 1. The molecule has 1 heterocycles. The Bertz CT molecular complexity index is 385. The largest absolute Gasteiger partial charge is 0.354 e. The maximum Gasteiger partial charge on any atom is 0.322 e. The molecule has 0 aromatic rings. The van der Waals surface area contributed by atoms with Crippen molar-refractivity contribution in [2.45, 2.75) is 83.6 Å². The molecule has 0 bridgehead atoms. The van der Waals surface area contributed by atoms with Crippen molar-refractivity contribution in [1.82, 2.24) is 16.0 Å². The van der Waals surface area contributed by atoms with Crippen LogP contribution in [0.15, 0.2) is 0 Å². The van der Waals surface area contributed by atoms with Gasteiger partial charge in [-0.05, 0) is 6.42 Å². The lowest BCUT2D eigenvalue weighted by atomic mass is 10.1. The summed E-state index contributed by atoms with van der Waals surface area (Å²) < 4.78 is 0. The highest BCUT2D eigenvalue weighted by Crippen LogP contribution is 2.11. The number of hydrogen-bond donors (Lipinski definition) is 3. The summed E-state index contributed by atoms with van der Waals surface area (Å²) in [7, 11) is 0. The van der Waals surface area contributed by atoms with Crippen LogP contribution in [0, 0.1) is 0 Å². The molecule has 0 saturated carbocycles. The molecular weight excluding hydrogens is 294 g/mol. The molecule has 0 radical (unpaired) electrons. The highest BCUT2D eigenvalue weighted by molar-refractivity contribution is 6.15. The molecule has 0 spiro atoms. The van der Waals surface area contributed by atoms with Gasteiger partial charge in [-0.3, -0.25) is 14.9 Å². The van der Waals surface area contributed by atoms with Crippen LogP contribution in [0.25, 0.3) is 0 Å². The third kappa shape index (κ3) is 8.57. The van der Waals surface area contributed by atoms with Crippen LogP contribution < -0.4 is 16.0 Å². The number of unbranched alkanes of at least 4 members (excludes halogenated alkanes) is 10. The second-order valence-corrected chi connectivity index (χ2v) is 6.22. The van der Waals surface area contributed by atoms with Gasteiger partial charge in [0.05, 0.1) is 0 Å². The van der Waals surface area contributed by atoms with Gasteiger partial charge in [0.25, 0.3) is 11.8 Å². The normalized spacial score (nSPS) is 17.0. The second kappa shape index (κ2) is 11.9. The number of carbonyl (C=O) groups excluding carboxylic acids is 3. The monoisotopic (exact) mass is 325 g/mol. The maximum absolute atomic E-state index is 11.7. The van der Waals surface area contributed by atoms with E-state index in [0.29, 0.717) is 6.54 Å². The van der Waals surface area contributed by atoms with Gasteiger partial charge < -0.3 is 10.6 Å². The van der Waals surface area contributed by atoms with Crippen molar-refractivity contribution in [1.29, 1.82) is 0 Å².